The number of benzene rings is 2. The standard InChI is InChI=1S/C22H18N4O3S/c1-14-9-10-15(2)20-19(14)24-22(30-20)25(13-17-7-3-4-11-23-17)21(27)16-6-5-8-18(12-16)26(28)29/h3-12H,13H2,1-2H3. The number of aryl methyl sites for hydroxylation is 2. The van der Waals surface area contributed by atoms with E-state index in [9.17, 15) is 14.9 Å². The molecule has 7 nitrogen and oxygen atoms in total. The van der Waals surface area contributed by atoms with Gasteiger partial charge in [-0.05, 0) is 43.2 Å². The van der Waals surface area contributed by atoms with Crippen LogP contribution < -0.4 is 4.90 Å². The third kappa shape index (κ3) is 3.77. The maximum atomic E-state index is 13.4. The molecule has 0 spiro atoms. The number of carbonyl (C=O) groups excluding carboxylic acids is 1. The summed E-state index contributed by atoms with van der Waals surface area (Å²) in [4.78, 5) is 34.7. The first kappa shape index (κ1) is 19.7. The number of pyridine rings is 1. The Bertz CT molecular complexity index is 1210. The van der Waals surface area contributed by atoms with E-state index >= 15 is 0 Å². The van der Waals surface area contributed by atoms with Gasteiger partial charge in [0.1, 0.15) is 0 Å². The molecule has 0 saturated carbocycles. The normalized spacial score (nSPS) is 10.9. The highest BCUT2D eigenvalue weighted by molar-refractivity contribution is 7.22. The van der Waals surface area contributed by atoms with Gasteiger partial charge in [0.05, 0.1) is 27.4 Å². The number of carbonyl (C=O) groups is 1. The van der Waals surface area contributed by atoms with Gasteiger partial charge in [0.15, 0.2) is 5.13 Å². The smallest absolute Gasteiger partial charge is 0.270 e. The zero-order chi connectivity index (χ0) is 21.3. The number of nitrogens with zero attached hydrogens (tertiary/aromatic N) is 4. The number of nitro benzene ring substituents is 1. The number of thiazole rings is 1. The lowest BCUT2D eigenvalue weighted by atomic mass is 10.1. The largest absolute Gasteiger partial charge is 0.278 e. The van der Waals surface area contributed by atoms with Crippen LogP contribution in [0.3, 0.4) is 0 Å². The molecule has 0 atom stereocenters. The van der Waals surface area contributed by atoms with Crippen LogP contribution in [-0.2, 0) is 6.54 Å². The van der Waals surface area contributed by atoms with Gasteiger partial charge in [-0.2, -0.15) is 0 Å². The Kier molecular flexibility index (Phi) is 5.24. The Labute approximate surface area is 176 Å². The Morgan fingerprint density at radius 2 is 1.90 bits per heavy atom. The van der Waals surface area contributed by atoms with Crippen molar-refractivity contribution in [1.82, 2.24) is 9.97 Å². The fraction of sp³-hybridized carbons (Fsp3) is 0.136. The number of amides is 1. The fourth-order valence-corrected chi connectivity index (χ4v) is 4.26. The highest BCUT2D eigenvalue weighted by atomic mass is 32.1. The molecule has 0 bridgehead atoms. The molecule has 0 aliphatic heterocycles. The Morgan fingerprint density at radius 3 is 2.60 bits per heavy atom. The summed E-state index contributed by atoms with van der Waals surface area (Å²) in [5.41, 5.74) is 3.76. The van der Waals surface area contributed by atoms with Crippen LogP contribution in [0.25, 0.3) is 10.2 Å². The number of fused-ring (bicyclic) bond motifs is 1. The molecule has 0 aliphatic rings. The third-order valence-electron chi connectivity index (χ3n) is 4.76. The molecule has 0 radical (unpaired) electrons. The second-order valence-electron chi connectivity index (χ2n) is 6.89. The van der Waals surface area contributed by atoms with Gasteiger partial charge >= 0.3 is 0 Å². The zero-order valence-electron chi connectivity index (χ0n) is 16.4. The molecule has 0 aliphatic carbocycles. The summed E-state index contributed by atoms with van der Waals surface area (Å²) < 4.78 is 1.02. The number of anilines is 1. The average molecular weight is 418 g/mol. The van der Waals surface area contributed by atoms with Crippen LogP contribution in [0.2, 0.25) is 0 Å². The highest BCUT2D eigenvalue weighted by Crippen LogP contribution is 2.34. The summed E-state index contributed by atoms with van der Waals surface area (Å²) >= 11 is 1.43. The predicted molar refractivity (Wildman–Crippen MR) is 117 cm³/mol. The van der Waals surface area contributed by atoms with Crippen molar-refractivity contribution in [2.75, 3.05) is 4.90 Å². The molecule has 4 rings (SSSR count). The Hall–Kier alpha value is -3.65. The fourth-order valence-electron chi connectivity index (χ4n) is 3.15. The maximum absolute atomic E-state index is 13.4. The van der Waals surface area contributed by atoms with E-state index in [-0.39, 0.29) is 23.7 Å². The first-order valence-electron chi connectivity index (χ1n) is 9.27. The third-order valence-corrected chi connectivity index (χ3v) is 5.97. The Balaban J connectivity index is 1.82. The first-order chi connectivity index (χ1) is 14.4. The summed E-state index contributed by atoms with van der Waals surface area (Å²) in [7, 11) is 0. The van der Waals surface area contributed by atoms with Crippen molar-refractivity contribution < 1.29 is 9.72 Å². The van der Waals surface area contributed by atoms with Crippen LogP contribution in [0, 0.1) is 24.0 Å². The monoisotopic (exact) mass is 418 g/mol. The van der Waals surface area contributed by atoms with Gasteiger partial charge in [0, 0.05) is 23.9 Å². The van der Waals surface area contributed by atoms with Crippen LogP contribution in [0.1, 0.15) is 27.2 Å². The summed E-state index contributed by atoms with van der Waals surface area (Å²) in [6.45, 7) is 4.20. The number of rotatable bonds is 5. The lowest BCUT2D eigenvalue weighted by Crippen LogP contribution is -2.30. The van der Waals surface area contributed by atoms with Gasteiger partial charge in [0.2, 0.25) is 0 Å². The molecule has 0 saturated heterocycles. The van der Waals surface area contributed by atoms with Gasteiger partial charge in [-0.15, -0.1) is 0 Å². The summed E-state index contributed by atoms with van der Waals surface area (Å²) in [6.07, 6.45) is 1.66. The van der Waals surface area contributed by atoms with Gasteiger partial charge < -0.3 is 0 Å². The number of hydrogen-bond donors (Lipinski definition) is 0. The van der Waals surface area contributed by atoms with Crippen molar-refractivity contribution in [2.45, 2.75) is 20.4 Å². The van der Waals surface area contributed by atoms with Crippen LogP contribution in [0.15, 0.2) is 60.8 Å². The molecule has 0 unspecified atom stereocenters. The molecular formula is C22H18N4O3S. The first-order valence-corrected chi connectivity index (χ1v) is 10.1. The van der Waals surface area contributed by atoms with E-state index in [1.54, 1.807) is 18.3 Å². The zero-order valence-corrected chi connectivity index (χ0v) is 17.2. The second kappa shape index (κ2) is 8.00. The molecule has 2 aromatic carbocycles. The Morgan fingerprint density at radius 1 is 1.10 bits per heavy atom. The van der Waals surface area contributed by atoms with Crippen molar-refractivity contribution in [2.24, 2.45) is 0 Å². The van der Waals surface area contributed by atoms with E-state index < -0.39 is 4.92 Å². The summed E-state index contributed by atoms with van der Waals surface area (Å²) in [5.74, 6) is -0.362. The van der Waals surface area contributed by atoms with Crippen molar-refractivity contribution in [3.05, 3.63) is 93.3 Å². The van der Waals surface area contributed by atoms with Crippen LogP contribution in [0.5, 0.6) is 0 Å². The molecule has 1 amide bonds. The molecule has 2 heterocycles. The molecule has 8 heteroatoms. The minimum Gasteiger partial charge on any atom is -0.278 e. The lowest BCUT2D eigenvalue weighted by Gasteiger charge is -2.19. The van der Waals surface area contributed by atoms with E-state index in [0.29, 0.717) is 10.8 Å². The van der Waals surface area contributed by atoms with Crippen molar-refractivity contribution in [3.8, 4) is 0 Å². The van der Waals surface area contributed by atoms with Gasteiger partial charge in [-0.1, -0.05) is 35.6 Å². The van der Waals surface area contributed by atoms with Gasteiger partial charge in [-0.25, -0.2) is 4.98 Å². The molecule has 2 aromatic heterocycles. The van der Waals surface area contributed by atoms with E-state index in [1.165, 1.54) is 34.4 Å². The molecule has 0 N–H and O–H groups in total. The minimum absolute atomic E-state index is 0.130. The van der Waals surface area contributed by atoms with Crippen molar-refractivity contribution in [3.63, 3.8) is 0 Å². The number of non-ortho nitro benzene ring substituents is 1. The summed E-state index contributed by atoms with van der Waals surface area (Å²) in [6, 6.07) is 15.3. The molecule has 0 fully saturated rings. The van der Waals surface area contributed by atoms with E-state index in [4.69, 9.17) is 4.98 Å². The van der Waals surface area contributed by atoms with E-state index in [0.717, 1.165) is 21.3 Å². The van der Waals surface area contributed by atoms with Crippen molar-refractivity contribution in [1.29, 1.82) is 0 Å². The number of aromatic nitrogens is 2. The average Bonchev–Trinajstić information content (AvgIpc) is 3.21. The lowest BCUT2D eigenvalue weighted by molar-refractivity contribution is -0.384. The number of hydrogen-bond acceptors (Lipinski definition) is 6. The maximum Gasteiger partial charge on any atom is 0.270 e. The van der Waals surface area contributed by atoms with Crippen LogP contribution >= 0.6 is 11.3 Å². The van der Waals surface area contributed by atoms with Crippen molar-refractivity contribution >= 4 is 38.3 Å². The highest BCUT2D eigenvalue weighted by Gasteiger charge is 2.24. The number of nitro groups is 1. The summed E-state index contributed by atoms with van der Waals surface area (Å²) in [5, 5.41) is 11.7. The van der Waals surface area contributed by atoms with E-state index in [2.05, 4.69) is 4.98 Å². The minimum atomic E-state index is -0.510. The van der Waals surface area contributed by atoms with Crippen LogP contribution in [-0.4, -0.2) is 20.8 Å². The molecule has 30 heavy (non-hydrogen) atoms. The molecule has 150 valence electrons. The second-order valence-corrected chi connectivity index (χ2v) is 7.87. The van der Waals surface area contributed by atoms with E-state index in [1.807, 2.05) is 38.1 Å². The van der Waals surface area contributed by atoms with Gasteiger partial charge in [0.25, 0.3) is 11.6 Å². The molecular weight excluding hydrogens is 400 g/mol. The SMILES string of the molecule is Cc1ccc(C)c2sc(N(Cc3ccccn3)C(=O)c3cccc([N+](=O)[O-])c3)nc12. The van der Waals surface area contributed by atoms with Gasteiger partial charge in [-0.3, -0.25) is 24.8 Å². The van der Waals surface area contributed by atoms with Crippen LogP contribution in [0.4, 0.5) is 10.8 Å². The molecule has 4 aromatic rings. The quantitative estimate of drug-likeness (QED) is 0.334. The predicted octanol–water partition coefficient (Wildman–Crippen LogP) is 5.06. The topological polar surface area (TPSA) is 89.2 Å².